The van der Waals surface area contributed by atoms with Crippen molar-refractivity contribution >= 4 is 43.4 Å². The molecule has 4 aliphatic carbocycles. The van der Waals surface area contributed by atoms with Gasteiger partial charge in [-0.1, -0.05) is 65.5 Å². The van der Waals surface area contributed by atoms with E-state index in [1.54, 1.807) is 0 Å². The minimum absolute atomic E-state index is 0.0374. The zero-order valence-corrected chi connectivity index (χ0v) is 18.8. The van der Waals surface area contributed by atoms with E-state index in [2.05, 4.69) is 45.7 Å². The third-order valence-corrected chi connectivity index (χ3v) is 12.2. The lowest BCUT2D eigenvalue weighted by Crippen LogP contribution is -2.57. The van der Waals surface area contributed by atoms with Crippen molar-refractivity contribution in [1.82, 2.24) is 0 Å². The van der Waals surface area contributed by atoms with E-state index in [0.717, 1.165) is 18.8 Å². The van der Waals surface area contributed by atoms with Gasteiger partial charge in [0.1, 0.15) is 4.32 Å². The van der Waals surface area contributed by atoms with Gasteiger partial charge in [0, 0.05) is 16.2 Å². The van der Waals surface area contributed by atoms with Gasteiger partial charge in [-0.25, -0.2) is 0 Å². The van der Waals surface area contributed by atoms with Crippen molar-refractivity contribution in [1.29, 1.82) is 0 Å². The van der Waals surface area contributed by atoms with Crippen molar-refractivity contribution in [2.75, 3.05) is 0 Å². The van der Waals surface area contributed by atoms with Gasteiger partial charge in [0.25, 0.3) is 0 Å². The van der Waals surface area contributed by atoms with E-state index in [9.17, 15) is 9.59 Å². The summed E-state index contributed by atoms with van der Waals surface area (Å²) < 4.78 is -0.739. The maximum atomic E-state index is 13.2. The number of Topliss-reactive ketones (excluding diaryl/α,β-unsaturated/α-hetero) is 2. The van der Waals surface area contributed by atoms with E-state index in [1.165, 1.54) is 38.5 Å². The van der Waals surface area contributed by atoms with E-state index in [0.29, 0.717) is 17.3 Å². The summed E-state index contributed by atoms with van der Waals surface area (Å²) in [5.41, 5.74) is 0.131. The normalized spacial score (nSPS) is 53.8. The van der Waals surface area contributed by atoms with Crippen molar-refractivity contribution in [3.63, 3.8) is 0 Å². The predicted molar refractivity (Wildman–Crippen MR) is 107 cm³/mol. The summed E-state index contributed by atoms with van der Waals surface area (Å²) in [4.78, 5) is 26.2. The highest BCUT2D eigenvalue weighted by atomic mass is 79.9. The van der Waals surface area contributed by atoms with Gasteiger partial charge >= 0.3 is 0 Å². The van der Waals surface area contributed by atoms with E-state index in [4.69, 9.17) is 0 Å². The first kappa shape index (κ1) is 18.7. The quantitative estimate of drug-likeness (QED) is 0.361. The Hall–Kier alpha value is 0.300. The van der Waals surface area contributed by atoms with Crippen LogP contribution in [0.15, 0.2) is 0 Å². The molecule has 2 unspecified atom stereocenters. The molecule has 0 saturated heterocycles. The van der Waals surface area contributed by atoms with E-state index >= 15 is 0 Å². The number of hydrogen-bond acceptors (Lipinski definition) is 2. The second-order valence-electron chi connectivity index (χ2n) is 9.75. The fourth-order valence-corrected chi connectivity index (χ4v) is 8.98. The molecule has 25 heavy (non-hydrogen) atoms. The maximum absolute atomic E-state index is 13.2. The van der Waals surface area contributed by atoms with Gasteiger partial charge in [-0.05, 0) is 61.7 Å². The second kappa shape index (κ2) is 5.90. The summed E-state index contributed by atoms with van der Waals surface area (Å²) in [6.45, 7) is 6.73. The summed E-state index contributed by atoms with van der Waals surface area (Å²) in [7, 11) is 0. The first-order chi connectivity index (χ1) is 11.7. The highest BCUT2D eigenvalue weighted by Crippen LogP contribution is 2.69. The lowest BCUT2D eigenvalue weighted by molar-refractivity contribution is -0.143. The molecule has 0 N–H and O–H groups in total. The molecule has 0 radical (unpaired) electrons. The second-order valence-corrected chi connectivity index (χ2v) is 12.4. The van der Waals surface area contributed by atoms with Crippen LogP contribution in [-0.2, 0) is 9.59 Å². The maximum Gasteiger partial charge on any atom is 0.217 e. The Kier molecular flexibility index (Phi) is 4.40. The smallest absolute Gasteiger partial charge is 0.217 e. The number of hydrogen-bond donors (Lipinski definition) is 0. The molecule has 0 bridgehead atoms. The first-order valence-electron chi connectivity index (χ1n) is 10.1. The summed E-state index contributed by atoms with van der Waals surface area (Å²) in [5.74, 6) is 1.52. The SMILES string of the molecule is CC(Br)[C@@]1(Br)C(=O)C(=O)[C@H]2[C@@H]3CCC4CCCC[C@]4(C)[C@H]3CC[C@@]21C. The topological polar surface area (TPSA) is 34.1 Å². The lowest BCUT2D eigenvalue weighted by atomic mass is 9.44. The molecule has 0 aromatic carbocycles. The molecule has 140 valence electrons. The van der Waals surface area contributed by atoms with Gasteiger partial charge < -0.3 is 0 Å². The number of carbonyl (C=O) groups excluding carboxylic acids is 2. The van der Waals surface area contributed by atoms with Crippen molar-refractivity contribution in [3.05, 3.63) is 0 Å². The molecule has 0 aromatic rings. The first-order valence-corrected chi connectivity index (χ1v) is 11.8. The average molecular weight is 474 g/mol. The van der Waals surface area contributed by atoms with Crippen LogP contribution < -0.4 is 0 Å². The number of carbonyl (C=O) groups is 2. The highest BCUT2D eigenvalue weighted by molar-refractivity contribution is 9.12. The molecule has 4 aliphatic rings. The zero-order chi connectivity index (χ0) is 18.2. The third kappa shape index (κ3) is 2.19. The van der Waals surface area contributed by atoms with Gasteiger partial charge in [-0.15, -0.1) is 0 Å². The molecule has 4 saturated carbocycles. The van der Waals surface area contributed by atoms with Gasteiger partial charge in [0.2, 0.25) is 11.6 Å². The summed E-state index contributed by atoms with van der Waals surface area (Å²) in [6.07, 6.45) is 9.97. The van der Waals surface area contributed by atoms with Crippen molar-refractivity contribution in [2.45, 2.75) is 81.3 Å². The summed E-state index contributed by atoms with van der Waals surface area (Å²) >= 11 is 7.45. The number of fused-ring (bicyclic) bond motifs is 5. The molecule has 8 atom stereocenters. The standard InChI is InChI=1S/C21H30Br2O2/c1-12(22)21(23)18(25)17(24)16-14-8-7-13-6-4-5-10-19(13,2)15(14)9-11-20(16,21)3/h12-16H,4-11H2,1-3H3/t12?,13?,14-,15+,16-,19+,20+,21-/m1/s1. The monoisotopic (exact) mass is 472 g/mol. The Morgan fingerprint density at radius 3 is 2.44 bits per heavy atom. The number of ketones is 2. The highest BCUT2D eigenvalue weighted by Gasteiger charge is 2.72. The molecule has 0 aliphatic heterocycles. The van der Waals surface area contributed by atoms with E-state index in [-0.39, 0.29) is 27.7 Å². The van der Waals surface area contributed by atoms with Crippen molar-refractivity contribution < 1.29 is 9.59 Å². The Labute approximate surface area is 168 Å². The van der Waals surface area contributed by atoms with Crippen molar-refractivity contribution in [3.8, 4) is 0 Å². The zero-order valence-electron chi connectivity index (χ0n) is 15.6. The third-order valence-electron chi connectivity index (χ3n) is 8.97. The minimum atomic E-state index is -0.739. The Morgan fingerprint density at radius 2 is 1.76 bits per heavy atom. The average Bonchev–Trinajstić information content (AvgIpc) is 2.73. The largest absolute Gasteiger partial charge is 0.290 e. The number of rotatable bonds is 1. The van der Waals surface area contributed by atoms with Crippen LogP contribution in [-0.4, -0.2) is 20.7 Å². The van der Waals surface area contributed by atoms with Crippen LogP contribution in [0.5, 0.6) is 0 Å². The molecular formula is C21H30Br2O2. The summed E-state index contributed by atoms with van der Waals surface area (Å²) in [6, 6.07) is 0. The van der Waals surface area contributed by atoms with Crippen LogP contribution in [0.1, 0.15) is 72.1 Å². The predicted octanol–water partition coefficient (Wildman–Crippen LogP) is 5.69. The van der Waals surface area contributed by atoms with Gasteiger partial charge in [0.15, 0.2) is 0 Å². The Balaban J connectivity index is 1.75. The molecule has 0 heterocycles. The molecule has 4 heteroatoms. The van der Waals surface area contributed by atoms with Crippen LogP contribution in [0.25, 0.3) is 0 Å². The van der Waals surface area contributed by atoms with Gasteiger partial charge in [-0.2, -0.15) is 0 Å². The molecule has 0 spiro atoms. The van der Waals surface area contributed by atoms with Crippen LogP contribution in [0.2, 0.25) is 0 Å². The molecule has 4 fully saturated rings. The lowest BCUT2D eigenvalue weighted by Gasteiger charge is -2.60. The minimum Gasteiger partial charge on any atom is -0.290 e. The molecule has 0 amide bonds. The molecular weight excluding hydrogens is 444 g/mol. The number of halogens is 2. The van der Waals surface area contributed by atoms with Crippen LogP contribution in [0.4, 0.5) is 0 Å². The molecule has 0 aromatic heterocycles. The van der Waals surface area contributed by atoms with Crippen LogP contribution >= 0.6 is 31.9 Å². The Bertz CT molecular complexity index is 617. The number of alkyl halides is 2. The fraction of sp³-hybridized carbons (Fsp3) is 0.905. The van der Waals surface area contributed by atoms with E-state index < -0.39 is 4.32 Å². The summed E-state index contributed by atoms with van der Waals surface area (Å²) in [5, 5.41) is 0. The van der Waals surface area contributed by atoms with E-state index in [1.807, 2.05) is 6.92 Å². The fourth-order valence-electron chi connectivity index (χ4n) is 7.61. The van der Waals surface area contributed by atoms with Gasteiger partial charge in [0.05, 0.1) is 0 Å². The van der Waals surface area contributed by atoms with Gasteiger partial charge in [-0.3, -0.25) is 9.59 Å². The van der Waals surface area contributed by atoms with Crippen LogP contribution in [0.3, 0.4) is 0 Å². The Morgan fingerprint density at radius 1 is 1.04 bits per heavy atom. The molecule has 2 nitrogen and oxygen atoms in total. The molecule has 4 rings (SSSR count). The van der Waals surface area contributed by atoms with Crippen molar-refractivity contribution in [2.24, 2.45) is 34.5 Å². The van der Waals surface area contributed by atoms with Crippen LogP contribution in [0, 0.1) is 34.5 Å².